The number of carbonyl (C=O) groups excluding carboxylic acids is 1. The van der Waals surface area contributed by atoms with Gasteiger partial charge in [0.05, 0.1) is 0 Å². The summed E-state index contributed by atoms with van der Waals surface area (Å²) in [4.78, 5) is 10.6. The van der Waals surface area contributed by atoms with E-state index in [2.05, 4.69) is 12.3 Å². The maximum absolute atomic E-state index is 10.6. The second-order valence-corrected chi connectivity index (χ2v) is 2.55. The molecular formula is C7H13N3O. The lowest BCUT2D eigenvalue weighted by Gasteiger charge is -2.13. The fourth-order valence-corrected chi connectivity index (χ4v) is 1.00. The first-order chi connectivity index (χ1) is 5.24. The van der Waals surface area contributed by atoms with Crippen molar-refractivity contribution in [1.82, 2.24) is 10.4 Å². The van der Waals surface area contributed by atoms with Gasteiger partial charge >= 0.3 is 0 Å². The lowest BCUT2D eigenvalue weighted by Crippen LogP contribution is -2.29. The predicted molar refractivity (Wildman–Crippen MR) is 42.3 cm³/mol. The second kappa shape index (κ2) is 3.39. The maximum Gasteiger partial charge on any atom is 0.247 e. The van der Waals surface area contributed by atoms with E-state index in [9.17, 15) is 4.79 Å². The Morgan fingerprint density at radius 3 is 3.09 bits per heavy atom. The van der Waals surface area contributed by atoms with Crippen LogP contribution < -0.4 is 11.2 Å². The lowest BCUT2D eigenvalue weighted by atomic mass is 10.3. The first-order valence-electron chi connectivity index (χ1n) is 3.74. The van der Waals surface area contributed by atoms with Crippen molar-refractivity contribution in [2.24, 2.45) is 5.73 Å². The molecule has 1 rings (SSSR count). The second-order valence-electron chi connectivity index (χ2n) is 2.55. The molecule has 0 unspecified atom stereocenters. The molecule has 1 aliphatic rings. The molecule has 0 aromatic rings. The fraction of sp³-hybridized carbons (Fsp3) is 0.571. The van der Waals surface area contributed by atoms with Gasteiger partial charge in [-0.15, -0.1) is 0 Å². The maximum atomic E-state index is 10.6. The summed E-state index contributed by atoms with van der Waals surface area (Å²) >= 11 is 0. The molecule has 0 bridgehead atoms. The van der Waals surface area contributed by atoms with Crippen molar-refractivity contribution in [2.45, 2.75) is 13.3 Å². The van der Waals surface area contributed by atoms with Crippen molar-refractivity contribution < 1.29 is 4.79 Å². The Kier molecular flexibility index (Phi) is 2.48. The molecule has 1 amide bonds. The van der Waals surface area contributed by atoms with Gasteiger partial charge < -0.3 is 10.7 Å². The molecular weight excluding hydrogens is 142 g/mol. The normalized spacial score (nSPS) is 16.8. The van der Waals surface area contributed by atoms with E-state index < -0.39 is 0 Å². The highest BCUT2D eigenvalue weighted by Crippen LogP contribution is 2.03. The van der Waals surface area contributed by atoms with Crippen molar-refractivity contribution in [3.05, 3.63) is 11.8 Å². The highest BCUT2D eigenvalue weighted by molar-refractivity contribution is 5.92. The van der Waals surface area contributed by atoms with Crippen LogP contribution in [0.5, 0.6) is 0 Å². The van der Waals surface area contributed by atoms with Crippen LogP contribution in [0.3, 0.4) is 0 Å². The lowest BCUT2D eigenvalue weighted by molar-refractivity contribution is -0.114. The van der Waals surface area contributed by atoms with Crippen molar-refractivity contribution >= 4 is 5.91 Å². The summed E-state index contributed by atoms with van der Waals surface area (Å²) in [5.41, 5.74) is 8.76. The average molecular weight is 155 g/mol. The molecule has 4 heteroatoms. The molecule has 0 aromatic heterocycles. The third-order valence-corrected chi connectivity index (χ3v) is 1.57. The van der Waals surface area contributed by atoms with Gasteiger partial charge in [0.2, 0.25) is 5.91 Å². The number of hydrogen-bond donors (Lipinski definition) is 2. The van der Waals surface area contributed by atoms with Crippen molar-refractivity contribution in [3.63, 3.8) is 0 Å². The van der Waals surface area contributed by atoms with Gasteiger partial charge in [0.25, 0.3) is 0 Å². The van der Waals surface area contributed by atoms with Gasteiger partial charge in [-0.1, -0.05) is 6.92 Å². The van der Waals surface area contributed by atoms with E-state index in [4.69, 9.17) is 5.73 Å². The summed E-state index contributed by atoms with van der Waals surface area (Å²) in [6.45, 7) is 3.56. The molecule has 0 saturated carbocycles. The van der Waals surface area contributed by atoms with E-state index in [-0.39, 0.29) is 5.91 Å². The van der Waals surface area contributed by atoms with Crippen molar-refractivity contribution in [3.8, 4) is 0 Å². The zero-order chi connectivity index (χ0) is 8.27. The quantitative estimate of drug-likeness (QED) is 0.582. The van der Waals surface area contributed by atoms with Crippen molar-refractivity contribution in [2.75, 3.05) is 13.1 Å². The predicted octanol–water partition coefficient (Wildman–Crippen LogP) is -0.414. The van der Waals surface area contributed by atoms with Gasteiger partial charge in [0.15, 0.2) is 0 Å². The Labute approximate surface area is 66.0 Å². The van der Waals surface area contributed by atoms with E-state index in [1.807, 2.05) is 5.01 Å². The molecule has 0 aromatic carbocycles. The van der Waals surface area contributed by atoms with Crippen LogP contribution in [0.1, 0.15) is 13.3 Å². The smallest absolute Gasteiger partial charge is 0.247 e. The van der Waals surface area contributed by atoms with Gasteiger partial charge in [-0.25, -0.2) is 5.43 Å². The summed E-state index contributed by atoms with van der Waals surface area (Å²) in [5, 5.41) is 1.89. The molecule has 62 valence electrons. The molecule has 0 spiro atoms. The Morgan fingerprint density at radius 2 is 2.64 bits per heavy atom. The first kappa shape index (κ1) is 8.07. The summed E-state index contributed by atoms with van der Waals surface area (Å²) < 4.78 is 0. The minimum absolute atomic E-state index is 0.337. The number of nitrogens with zero attached hydrogens (tertiary/aromatic N) is 1. The van der Waals surface area contributed by atoms with Crippen LogP contribution in [0, 0.1) is 0 Å². The molecule has 3 N–H and O–H groups in total. The van der Waals surface area contributed by atoms with E-state index in [1.165, 1.54) is 0 Å². The van der Waals surface area contributed by atoms with Crippen LogP contribution in [0.25, 0.3) is 0 Å². The summed E-state index contributed by atoms with van der Waals surface area (Å²) in [5.74, 6) is -0.337. The van der Waals surface area contributed by atoms with Gasteiger partial charge in [-0.3, -0.25) is 4.79 Å². The molecule has 11 heavy (non-hydrogen) atoms. The average Bonchev–Trinajstić information content (AvgIpc) is 2.37. The number of nitrogens with two attached hydrogens (primary N) is 1. The van der Waals surface area contributed by atoms with E-state index in [1.54, 1.807) is 6.20 Å². The number of nitrogens with one attached hydrogen (secondary N) is 1. The Bertz CT molecular complexity index is 188. The summed E-state index contributed by atoms with van der Waals surface area (Å²) in [6, 6.07) is 0. The fourth-order valence-electron chi connectivity index (χ4n) is 1.00. The van der Waals surface area contributed by atoms with Crippen molar-refractivity contribution in [1.29, 1.82) is 0 Å². The van der Waals surface area contributed by atoms with Crippen LogP contribution in [0.2, 0.25) is 0 Å². The van der Waals surface area contributed by atoms with Gasteiger partial charge in [-0.05, 0) is 6.42 Å². The largest absolute Gasteiger partial charge is 0.366 e. The molecule has 0 aliphatic carbocycles. The SMILES string of the molecule is CCCN1C=C(C(N)=O)CN1. The monoisotopic (exact) mass is 155 g/mol. The number of carbonyl (C=O) groups is 1. The van der Waals surface area contributed by atoms with Crippen LogP contribution in [-0.2, 0) is 4.79 Å². The summed E-state index contributed by atoms with van der Waals surface area (Å²) in [7, 11) is 0. The van der Waals surface area contributed by atoms with Crippen LogP contribution in [0.15, 0.2) is 11.8 Å². The van der Waals surface area contributed by atoms with E-state index >= 15 is 0 Å². The highest BCUT2D eigenvalue weighted by Gasteiger charge is 2.13. The van der Waals surface area contributed by atoms with Crippen LogP contribution in [-0.4, -0.2) is 24.0 Å². The van der Waals surface area contributed by atoms with E-state index in [0.29, 0.717) is 12.1 Å². The minimum Gasteiger partial charge on any atom is -0.366 e. The Balaban J connectivity index is 2.47. The minimum atomic E-state index is -0.337. The molecule has 0 saturated heterocycles. The topological polar surface area (TPSA) is 58.4 Å². The first-order valence-corrected chi connectivity index (χ1v) is 3.74. The number of hydrazine groups is 1. The van der Waals surface area contributed by atoms with Gasteiger partial charge in [0, 0.05) is 24.9 Å². The third kappa shape index (κ3) is 1.94. The third-order valence-electron chi connectivity index (χ3n) is 1.57. The highest BCUT2D eigenvalue weighted by atomic mass is 16.1. The number of hydrogen-bond acceptors (Lipinski definition) is 3. The molecule has 0 atom stereocenters. The molecule has 0 radical (unpaired) electrons. The Hall–Kier alpha value is -1.03. The van der Waals surface area contributed by atoms with Crippen LogP contribution in [0.4, 0.5) is 0 Å². The number of rotatable bonds is 3. The molecule has 4 nitrogen and oxygen atoms in total. The van der Waals surface area contributed by atoms with Gasteiger partial charge in [0.1, 0.15) is 0 Å². The number of amides is 1. The molecule has 0 fully saturated rings. The van der Waals surface area contributed by atoms with Gasteiger partial charge in [-0.2, -0.15) is 0 Å². The zero-order valence-electron chi connectivity index (χ0n) is 6.63. The molecule has 1 heterocycles. The van der Waals surface area contributed by atoms with E-state index in [0.717, 1.165) is 13.0 Å². The Morgan fingerprint density at radius 1 is 1.91 bits per heavy atom. The number of primary amides is 1. The van der Waals surface area contributed by atoms with Crippen LogP contribution >= 0.6 is 0 Å². The molecule has 1 aliphatic heterocycles. The zero-order valence-corrected chi connectivity index (χ0v) is 6.63. The summed E-state index contributed by atoms with van der Waals surface area (Å²) in [6.07, 6.45) is 2.82. The standard InChI is InChI=1S/C7H13N3O/c1-2-3-10-5-6(4-9-10)7(8)11/h5,9H,2-4H2,1H3,(H2,8,11).